The SMILES string of the molecule is c1cc2c3c(cccc3c1)C(c1ccc(C3Cc4cccc5cccc3c45)cc1)C2. The number of hydrogen-bond donors (Lipinski definition) is 0. The Morgan fingerprint density at radius 2 is 0.833 bits per heavy atom. The van der Waals surface area contributed by atoms with Crippen LogP contribution >= 0.6 is 0 Å². The Balaban J connectivity index is 1.27. The Kier molecular flexibility index (Phi) is 3.32. The molecule has 0 amide bonds. The van der Waals surface area contributed by atoms with Gasteiger partial charge in [0.25, 0.3) is 0 Å². The summed E-state index contributed by atoms with van der Waals surface area (Å²) in [5.74, 6) is 0.953. The van der Waals surface area contributed by atoms with E-state index in [2.05, 4.69) is 97.1 Å². The first-order valence-corrected chi connectivity index (χ1v) is 11.0. The van der Waals surface area contributed by atoms with Crippen molar-refractivity contribution in [3.63, 3.8) is 0 Å². The molecule has 30 heavy (non-hydrogen) atoms. The van der Waals surface area contributed by atoms with E-state index in [1.165, 1.54) is 54.9 Å². The van der Waals surface area contributed by atoms with Crippen molar-refractivity contribution in [1.29, 1.82) is 0 Å². The average Bonchev–Trinajstić information content (AvgIpc) is 3.37. The van der Waals surface area contributed by atoms with E-state index in [1.807, 2.05) is 0 Å². The highest BCUT2D eigenvalue weighted by Gasteiger charge is 2.28. The minimum absolute atomic E-state index is 0.476. The van der Waals surface area contributed by atoms with Gasteiger partial charge in [0.15, 0.2) is 0 Å². The summed E-state index contributed by atoms with van der Waals surface area (Å²) in [5, 5.41) is 5.71. The van der Waals surface area contributed by atoms with Gasteiger partial charge in [-0.1, -0.05) is 97.1 Å². The smallest absolute Gasteiger partial charge is 0.0136 e. The van der Waals surface area contributed by atoms with Gasteiger partial charge in [0, 0.05) is 11.8 Å². The molecule has 142 valence electrons. The summed E-state index contributed by atoms with van der Waals surface area (Å²) in [7, 11) is 0. The minimum Gasteiger partial charge on any atom is -0.0614 e. The van der Waals surface area contributed by atoms with Gasteiger partial charge in [-0.25, -0.2) is 0 Å². The van der Waals surface area contributed by atoms with Crippen LogP contribution in [-0.4, -0.2) is 0 Å². The van der Waals surface area contributed by atoms with Crippen molar-refractivity contribution in [3.05, 3.63) is 130 Å². The third kappa shape index (κ3) is 2.22. The first kappa shape index (κ1) is 16.4. The summed E-state index contributed by atoms with van der Waals surface area (Å²) in [6.45, 7) is 0. The standard InChI is InChI=1S/C30H22/c1-5-21-7-3-11-25-27(17-23(9-1)29(21)25)19-13-15-20(16-14-19)28-18-24-10-2-6-22-8-4-12-26(28)30(22)24/h1-16,27-28H,17-18H2. The quantitative estimate of drug-likeness (QED) is 0.299. The van der Waals surface area contributed by atoms with Gasteiger partial charge in [-0.05, 0) is 67.8 Å². The lowest BCUT2D eigenvalue weighted by Gasteiger charge is -2.16. The second-order valence-corrected chi connectivity index (χ2v) is 8.91. The van der Waals surface area contributed by atoms with Crippen molar-refractivity contribution in [1.82, 2.24) is 0 Å². The Hall–Kier alpha value is -3.38. The normalized spacial score (nSPS) is 19.1. The fourth-order valence-electron chi connectivity index (χ4n) is 6.04. The molecule has 0 aromatic heterocycles. The van der Waals surface area contributed by atoms with Crippen molar-refractivity contribution in [3.8, 4) is 0 Å². The molecule has 0 aliphatic heterocycles. The first-order chi connectivity index (χ1) is 14.9. The predicted octanol–water partition coefficient (Wildman–Crippen LogP) is 7.37. The third-order valence-electron chi connectivity index (χ3n) is 7.39. The van der Waals surface area contributed by atoms with E-state index in [4.69, 9.17) is 0 Å². The van der Waals surface area contributed by atoms with E-state index in [0.717, 1.165) is 12.8 Å². The third-order valence-corrected chi connectivity index (χ3v) is 7.39. The second-order valence-electron chi connectivity index (χ2n) is 8.91. The van der Waals surface area contributed by atoms with Crippen LogP contribution in [0.2, 0.25) is 0 Å². The molecule has 7 rings (SSSR count). The zero-order valence-corrected chi connectivity index (χ0v) is 16.8. The first-order valence-electron chi connectivity index (χ1n) is 11.0. The largest absolute Gasteiger partial charge is 0.0614 e. The fraction of sp³-hybridized carbons (Fsp3) is 0.133. The topological polar surface area (TPSA) is 0 Å². The minimum atomic E-state index is 0.476. The van der Waals surface area contributed by atoms with Crippen LogP contribution in [-0.2, 0) is 12.8 Å². The predicted molar refractivity (Wildman–Crippen MR) is 125 cm³/mol. The van der Waals surface area contributed by atoms with Crippen molar-refractivity contribution in [2.24, 2.45) is 0 Å². The van der Waals surface area contributed by atoms with Crippen LogP contribution in [0.5, 0.6) is 0 Å². The lowest BCUT2D eigenvalue weighted by atomic mass is 9.87. The Labute approximate surface area is 176 Å². The zero-order valence-electron chi connectivity index (χ0n) is 16.8. The molecule has 5 aromatic rings. The molecule has 0 nitrogen and oxygen atoms in total. The van der Waals surface area contributed by atoms with Crippen LogP contribution in [0, 0.1) is 0 Å². The van der Waals surface area contributed by atoms with E-state index in [1.54, 1.807) is 0 Å². The molecule has 0 heteroatoms. The van der Waals surface area contributed by atoms with E-state index in [9.17, 15) is 0 Å². The van der Waals surface area contributed by atoms with Crippen LogP contribution in [0.4, 0.5) is 0 Å². The highest BCUT2D eigenvalue weighted by atomic mass is 14.3. The summed E-state index contributed by atoms with van der Waals surface area (Å²) in [4.78, 5) is 0. The molecule has 2 aliphatic carbocycles. The van der Waals surface area contributed by atoms with Gasteiger partial charge in [0.2, 0.25) is 0 Å². The zero-order chi connectivity index (χ0) is 19.7. The summed E-state index contributed by atoms with van der Waals surface area (Å²) in [6, 6.07) is 36.6. The molecule has 2 unspecified atom stereocenters. The number of hydrogen-bond acceptors (Lipinski definition) is 0. The fourth-order valence-corrected chi connectivity index (χ4v) is 6.04. The average molecular weight is 383 g/mol. The molecule has 0 N–H and O–H groups in total. The molecule has 0 heterocycles. The highest BCUT2D eigenvalue weighted by molar-refractivity contribution is 5.93. The van der Waals surface area contributed by atoms with E-state index in [0.29, 0.717) is 11.8 Å². The molecule has 0 spiro atoms. The molecule has 5 aromatic carbocycles. The van der Waals surface area contributed by atoms with Gasteiger partial charge in [-0.3, -0.25) is 0 Å². The monoisotopic (exact) mass is 382 g/mol. The van der Waals surface area contributed by atoms with Gasteiger partial charge in [-0.2, -0.15) is 0 Å². The van der Waals surface area contributed by atoms with Gasteiger partial charge >= 0.3 is 0 Å². The summed E-state index contributed by atoms with van der Waals surface area (Å²) in [5.41, 5.74) is 8.86. The maximum absolute atomic E-state index is 2.38. The molecule has 0 saturated carbocycles. The van der Waals surface area contributed by atoms with E-state index < -0.39 is 0 Å². The Bertz CT molecular complexity index is 1320. The molecule has 0 saturated heterocycles. The summed E-state index contributed by atoms with van der Waals surface area (Å²) >= 11 is 0. The highest BCUT2D eigenvalue weighted by Crippen LogP contribution is 2.44. The van der Waals surface area contributed by atoms with Crippen molar-refractivity contribution < 1.29 is 0 Å². The second kappa shape index (κ2) is 6.06. The summed E-state index contributed by atoms with van der Waals surface area (Å²) in [6.07, 6.45) is 2.23. The van der Waals surface area contributed by atoms with E-state index >= 15 is 0 Å². The molecule has 0 bridgehead atoms. The van der Waals surface area contributed by atoms with Crippen molar-refractivity contribution >= 4 is 21.5 Å². The maximum atomic E-state index is 2.38. The molecular weight excluding hydrogens is 360 g/mol. The van der Waals surface area contributed by atoms with Crippen LogP contribution in [0.15, 0.2) is 97.1 Å². The van der Waals surface area contributed by atoms with Crippen molar-refractivity contribution in [2.45, 2.75) is 24.7 Å². The van der Waals surface area contributed by atoms with Gasteiger partial charge in [0.1, 0.15) is 0 Å². The molecular formula is C30H22. The molecule has 0 fully saturated rings. The lowest BCUT2D eigenvalue weighted by Crippen LogP contribution is -2.02. The lowest BCUT2D eigenvalue weighted by molar-refractivity contribution is 0.829. The molecule has 2 atom stereocenters. The van der Waals surface area contributed by atoms with Gasteiger partial charge < -0.3 is 0 Å². The van der Waals surface area contributed by atoms with Crippen molar-refractivity contribution in [2.75, 3.05) is 0 Å². The van der Waals surface area contributed by atoms with Crippen LogP contribution in [0.3, 0.4) is 0 Å². The Morgan fingerprint density at radius 1 is 0.433 bits per heavy atom. The van der Waals surface area contributed by atoms with Crippen LogP contribution in [0.1, 0.15) is 45.2 Å². The summed E-state index contributed by atoms with van der Waals surface area (Å²) < 4.78 is 0. The Morgan fingerprint density at radius 3 is 1.27 bits per heavy atom. The number of benzene rings is 5. The van der Waals surface area contributed by atoms with Gasteiger partial charge in [-0.15, -0.1) is 0 Å². The molecule has 2 aliphatic rings. The maximum Gasteiger partial charge on any atom is 0.0136 e. The van der Waals surface area contributed by atoms with Crippen LogP contribution in [0.25, 0.3) is 21.5 Å². The van der Waals surface area contributed by atoms with Gasteiger partial charge in [0.05, 0.1) is 0 Å². The number of rotatable bonds is 2. The van der Waals surface area contributed by atoms with E-state index in [-0.39, 0.29) is 0 Å². The van der Waals surface area contributed by atoms with Crippen LogP contribution < -0.4 is 0 Å². The molecule has 0 radical (unpaired) electrons.